The summed E-state index contributed by atoms with van der Waals surface area (Å²) in [5.41, 5.74) is 0.881. The van der Waals surface area contributed by atoms with Crippen molar-refractivity contribution in [2.24, 2.45) is 11.8 Å². The minimum absolute atomic E-state index is 0.257. The molecule has 1 aromatic heterocycles. The predicted octanol–water partition coefficient (Wildman–Crippen LogP) is 1.14. The molecule has 1 unspecified atom stereocenters. The molecule has 16 heavy (non-hydrogen) atoms. The molecule has 1 atom stereocenters. The third kappa shape index (κ3) is 2.24. The van der Waals surface area contributed by atoms with Gasteiger partial charge in [0.05, 0.1) is 18.2 Å². The maximum atomic E-state index is 10.8. The van der Waals surface area contributed by atoms with Crippen LogP contribution in [0.15, 0.2) is 10.6 Å². The maximum Gasteiger partial charge on any atom is 0.306 e. The van der Waals surface area contributed by atoms with E-state index in [0.717, 1.165) is 31.1 Å². The van der Waals surface area contributed by atoms with Crippen LogP contribution < -0.4 is 0 Å². The van der Waals surface area contributed by atoms with Crippen LogP contribution in [0, 0.1) is 18.8 Å². The van der Waals surface area contributed by atoms with Crippen molar-refractivity contribution < 1.29 is 14.4 Å². The zero-order valence-corrected chi connectivity index (χ0v) is 9.51. The number of likely N-dealkylation sites (tertiary alicyclic amines) is 1. The summed E-state index contributed by atoms with van der Waals surface area (Å²) in [6.07, 6.45) is 0. The number of carboxylic acids is 1. The zero-order chi connectivity index (χ0) is 11.7. The molecule has 0 amide bonds. The van der Waals surface area contributed by atoms with E-state index in [0.29, 0.717) is 0 Å². The number of carbonyl (C=O) groups is 1. The highest BCUT2D eigenvalue weighted by Gasteiger charge is 2.34. The van der Waals surface area contributed by atoms with Crippen LogP contribution in [0.25, 0.3) is 0 Å². The van der Waals surface area contributed by atoms with Crippen LogP contribution in [0.4, 0.5) is 0 Å². The Morgan fingerprint density at radius 2 is 2.44 bits per heavy atom. The van der Waals surface area contributed by atoms with Crippen LogP contribution in [0.2, 0.25) is 0 Å². The van der Waals surface area contributed by atoms with Crippen molar-refractivity contribution in [2.75, 3.05) is 13.1 Å². The van der Waals surface area contributed by atoms with Gasteiger partial charge < -0.3 is 9.63 Å². The molecule has 2 rings (SSSR count). The van der Waals surface area contributed by atoms with E-state index in [4.69, 9.17) is 9.63 Å². The van der Waals surface area contributed by atoms with Gasteiger partial charge in [0.2, 0.25) is 0 Å². The Morgan fingerprint density at radius 3 is 2.94 bits per heavy atom. The second-order valence-corrected chi connectivity index (χ2v) is 4.52. The second kappa shape index (κ2) is 4.25. The van der Waals surface area contributed by atoms with Gasteiger partial charge in [0.25, 0.3) is 0 Å². The molecule has 0 radical (unpaired) electrons. The average Bonchev–Trinajstić information content (AvgIpc) is 2.56. The van der Waals surface area contributed by atoms with Gasteiger partial charge in [-0.3, -0.25) is 9.69 Å². The molecule has 1 aliphatic rings. The number of rotatable bonds is 4. The topological polar surface area (TPSA) is 66.6 Å². The van der Waals surface area contributed by atoms with Crippen molar-refractivity contribution in [3.63, 3.8) is 0 Å². The van der Waals surface area contributed by atoms with Crippen molar-refractivity contribution in [1.82, 2.24) is 10.1 Å². The van der Waals surface area contributed by atoms with E-state index in [9.17, 15) is 4.79 Å². The minimum Gasteiger partial charge on any atom is -0.481 e. The highest BCUT2D eigenvalue weighted by Crippen LogP contribution is 2.25. The van der Waals surface area contributed by atoms with E-state index in [1.54, 1.807) is 6.92 Å². The second-order valence-electron chi connectivity index (χ2n) is 4.52. The summed E-state index contributed by atoms with van der Waals surface area (Å²) in [4.78, 5) is 12.9. The zero-order valence-electron chi connectivity index (χ0n) is 9.51. The Morgan fingerprint density at radius 1 is 1.75 bits per heavy atom. The lowest BCUT2D eigenvalue weighted by atomic mass is 9.87. The number of aromatic nitrogens is 1. The van der Waals surface area contributed by atoms with Gasteiger partial charge >= 0.3 is 5.97 Å². The molecule has 0 aromatic carbocycles. The molecule has 1 N–H and O–H groups in total. The van der Waals surface area contributed by atoms with Crippen molar-refractivity contribution >= 4 is 5.97 Å². The number of carboxylic acid groups (broad SMARTS) is 1. The van der Waals surface area contributed by atoms with Crippen LogP contribution in [-0.2, 0) is 11.3 Å². The largest absolute Gasteiger partial charge is 0.481 e. The Balaban J connectivity index is 1.79. The first-order chi connectivity index (χ1) is 7.56. The summed E-state index contributed by atoms with van der Waals surface area (Å²) in [5, 5.41) is 12.7. The quantitative estimate of drug-likeness (QED) is 0.830. The summed E-state index contributed by atoms with van der Waals surface area (Å²) in [6, 6.07) is 1.91. The highest BCUT2D eigenvalue weighted by molar-refractivity contribution is 5.70. The van der Waals surface area contributed by atoms with Crippen LogP contribution >= 0.6 is 0 Å². The van der Waals surface area contributed by atoms with Crippen molar-refractivity contribution in [3.8, 4) is 0 Å². The van der Waals surface area contributed by atoms with Crippen LogP contribution in [0.5, 0.6) is 0 Å². The van der Waals surface area contributed by atoms with Crippen LogP contribution in [0.1, 0.15) is 18.4 Å². The van der Waals surface area contributed by atoms with Gasteiger partial charge in [0, 0.05) is 19.2 Å². The van der Waals surface area contributed by atoms with E-state index in [1.165, 1.54) is 0 Å². The normalized spacial score (nSPS) is 19.4. The molecule has 1 fully saturated rings. The fourth-order valence-corrected chi connectivity index (χ4v) is 1.97. The smallest absolute Gasteiger partial charge is 0.306 e. The lowest BCUT2D eigenvalue weighted by molar-refractivity contribution is -0.145. The first-order valence-electron chi connectivity index (χ1n) is 5.43. The molecular weight excluding hydrogens is 208 g/mol. The fraction of sp³-hybridized carbons (Fsp3) is 0.636. The van der Waals surface area contributed by atoms with Crippen LogP contribution in [0.3, 0.4) is 0 Å². The van der Waals surface area contributed by atoms with Gasteiger partial charge in [0.1, 0.15) is 0 Å². The SMILES string of the molecule is Cc1cc(CN2CC(C(C)C(=O)O)C2)on1. The lowest BCUT2D eigenvalue weighted by Crippen LogP contribution is -2.50. The van der Waals surface area contributed by atoms with Gasteiger partial charge in [-0.05, 0) is 12.8 Å². The van der Waals surface area contributed by atoms with E-state index in [2.05, 4.69) is 10.1 Å². The summed E-state index contributed by atoms with van der Waals surface area (Å²) >= 11 is 0. The molecule has 0 spiro atoms. The van der Waals surface area contributed by atoms with Gasteiger partial charge in [-0.15, -0.1) is 0 Å². The maximum absolute atomic E-state index is 10.8. The number of hydrogen-bond acceptors (Lipinski definition) is 4. The van der Waals surface area contributed by atoms with Crippen molar-refractivity contribution in [3.05, 3.63) is 17.5 Å². The van der Waals surface area contributed by atoms with Gasteiger partial charge in [-0.2, -0.15) is 0 Å². The number of aliphatic carboxylic acids is 1. The molecule has 2 heterocycles. The molecule has 1 saturated heterocycles. The lowest BCUT2D eigenvalue weighted by Gasteiger charge is -2.40. The van der Waals surface area contributed by atoms with Crippen LogP contribution in [-0.4, -0.2) is 34.2 Å². The molecule has 0 saturated carbocycles. The Labute approximate surface area is 94.0 Å². The first kappa shape index (κ1) is 11.1. The minimum atomic E-state index is -0.708. The predicted molar refractivity (Wildman–Crippen MR) is 56.8 cm³/mol. The summed E-state index contributed by atoms with van der Waals surface area (Å²) in [7, 11) is 0. The van der Waals surface area contributed by atoms with E-state index in [-0.39, 0.29) is 11.8 Å². The third-order valence-electron chi connectivity index (χ3n) is 3.14. The standard InChI is InChI=1S/C11H16N2O3/c1-7-3-10(16-12-7)6-13-4-9(5-13)8(2)11(14)15/h3,8-9H,4-6H2,1-2H3,(H,14,15). The monoisotopic (exact) mass is 224 g/mol. The molecular formula is C11H16N2O3. The Kier molecular flexibility index (Phi) is 2.96. The molecule has 0 bridgehead atoms. The van der Waals surface area contributed by atoms with Gasteiger partial charge in [-0.25, -0.2) is 0 Å². The number of hydrogen-bond donors (Lipinski definition) is 1. The molecule has 1 aliphatic heterocycles. The molecule has 0 aliphatic carbocycles. The summed E-state index contributed by atoms with van der Waals surface area (Å²) in [6.45, 7) is 6.03. The average molecular weight is 224 g/mol. The van der Waals surface area contributed by atoms with Gasteiger partial charge in [0.15, 0.2) is 5.76 Å². The summed E-state index contributed by atoms with van der Waals surface area (Å²) < 4.78 is 5.11. The highest BCUT2D eigenvalue weighted by atomic mass is 16.5. The Bertz CT molecular complexity index is 382. The van der Waals surface area contributed by atoms with Crippen molar-refractivity contribution in [1.29, 1.82) is 0 Å². The van der Waals surface area contributed by atoms with E-state index >= 15 is 0 Å². The van der Waals surface area contributed by atoms with Gasteiger partial charge in [-0.1, -0.05) is 12.1 Å². The number of nitrogens with zero attached hydrogens (tertiary/aromatic N) is 2. The Hall–Kier alpha value is -1.36. The molecule has 5 nitrogen and oxygen atoms in total. The van der Waals surface area contributed by atoms with E-state index < -0.39 is 5.97 Å². The number of aryl methyl sites for hydroxylation is 1. The third-order valence-corrected chi connectivity index (χ3v) is 3.14. The first-order valence-corrected chi connectivity index (χ1v) is 5.43. The van der Waals surface area contributed by atoms with Crippen molar-refractivity contribution in [2.45, 2.75) is 20.4 Å². The summed E-state index contributed by atoms with van der Waals surface area (Å²) in [5.74, 6) is 0.147. The molecule has 5 heteroatoms. The van der Waals surface area contributed by atoms with E-state index in [1.807, 2.05) is 13.0 Å². The molecule has 88 valence electrons. The fourth-order valence-electron chi connectivity index (χ4n) is 1.97. The molecule has 1 aromatic rings.